The summed E-state index contributed by atoms with van der Waals surface area (Å²) in [6.45, 7) is 8.98. The van der Waals surface area contributed by atoms with Crippen LogP contribution in [0.3, 0.4) is 0 Å². The van der Waals surface area contributed by atoms with Gasteiger partial charge in [0.15, 0.2) is 5.60 Å². The summed E-state index contributed by atoms with van der Waals surface area (Å²) in [6, 6.07) is 8.87. The van der Waals surface area contributed by atoms with Gasteiger partial charge in [0.05, 0.1) is 12.2 Å². The number of aliphatic hydroxyl groups excluding tert-OH is 1. The SMILES string of the molecule is C/C(Cn1c(C)cc2c(c1=O)COC(=O)[C@@]2(C)O)=C(/CO)c1ccccc1N.CCC.COC. The summed E-state index contributed by atoms with van der Waals surface area (Å²) in [7, 11) is 3.25. The van der Waals surface area contributed by atoms with Crippen LogP contribution in [0.5, 0.6) is 0 Å². The lowest BCUT2D eigenvalue weighted by Gasteiger charge is -2.30. The average molecular weight is 475 g/mol. The van der Waals surface area contributed by atoms with E-state index in [0.29, 0.717) is 17.0 Å². The van der Waals surface area contributed by atoms with Crippen LogP contribution >= 0.6 is 0 Å². The van der Waals surface area contributed by atoms with Crippen molar-refractivity contribution in [1.29, 1.82) is 0 Å². The number of aryl methyl sites for hydroxylation is 1. The molecule has 8 heteroatoms. The minimum Gasteiger partial charge on any atom is -0.458 e. The molecule has 2 aromatic rings. The molecule has 1 aliphatic heterocycles. The first-order chi connectivity index (χ1) is 16.0. The second kappa shape index (κ2) is 13.1. The molecule has 0 bridgehead atoms. The molecule has 1 aromatic carbocycles. The van der Waals surface area contributed by atoms with Gasteiger partial charge in [-0.15, -0.1) is 0 Å². The Kier molecular flexibility index (Phi) is 11.2. The van der Waals surface area contributed by atoms with Crippen LogP contribution in [0.2, 0.25) is 0 Å². The third kappa shape index (κ3) is 6.56. The second-order valence-corrected chi connectivity index (χ2v) is 8.34. The number of benzene rings is 1. The van der Waals surface area contributed by atoms with Gasteiger partial charge in [0.2, 0.25) is 0 Å². The highest BCUT2D eigenvalue weighted by Crippen LogP contribution is 2.30. The number of carbonyl (C=O) groups excluding carboxylic acids is 1. The highest BCUT2D eigenvalue weighted by molar-refractivity contribution is 5.82. The summed E-state index contributed by atoms with van der Waals surface area (Å²) in [5, 5.41) is 20.3. The first-order valence-electron chi connectivity index (χ1n) is 11.2. The molecule has 0 amide bonds. The van der Waals surface area contributed by atoms with Crippen molar-refractivity contribution in [3.05, 3.63) is 68.6 Å². The van der Waals surface area contributed by atoms with Crippen LogP contribution in [0.15, 0.2) is 40.7 Å². The van der Waals surface area contributed by atoms with Crippen LogP contribution < -0.4 is 11.3 Å². The molecule has 1 atom stereocenters. The van der Waals surface area contributed by atoms with Crippen molar-refractivity contribution in [2.75, 3.05) is 26.6 Å². The molecule has 0 spiro atoms. The summed E-state index contributed by atoms with van der Waals surface area (Å²) in [6.07, 6.45) is 1.25. The van der Waals surface area contributed by atoms with Gasteiger partial charge in [-0.05, 0) is 44.1 Å². The number of nitrogens with two attached hydrogens (primary N) is 1. The Bertz CT molecular complexity index is 1070. The van der Waals surface area contributed by atoms with E-state index < -0.39 is 11.6 Å². The van der Waals surface area contributed by atoms with Gasteiger partial charge in [-0.3, -0.25) is 4.79 Å². The van der Waals surface area contributed by atoms with Crippen LogP contribution in [-0.4, -0.2) is 41.6 Å². The molecule has 34 heavy (non-hydrogen) atoms. The van der Waals surface area contributed by atoms with E-state index in [4.69, 9.17) is 10.5 Å². The third-order valence-corrected chi connectivity index (χ3v) is 5.23. The molecular formula is C26H38N2O6. The number of methoxy groups -OCH3 is 1. The molecule has 8 nitrogen and oxygen atoms in total. The lowest BCUT2D eigenvalue weighted by molar-refractivity contribution is -0.169. The Labute approximate surface area is 201 Å². The predicted octanol–water partition coefficient (Wildman–Crippen LogP) is 3.15. The normalized spacial score (nSPS) is 17.3. The molecule has 1 aliphatic rings. The van der Waals surface area contributed by atoms with E-state index in [1.165, 1.54) is 17.9 Å². The van der Waals surface area contributed by atoms with E-state index in [0.717, 1.165) is 11.1 Å². The zero-order chi connectivity index (χ0) is 26.1. The van der Waals surface area contributed by atoms with Gasteiger partial charge in [0.25, 0.3) is 5.56 Å². The first kappa shape index (κ1) is 29.1. The molecule has 0 fully saturated rings. The third-order valence-electron chi connectivity index (χ3n) is 5.23. The number of fused-ring (bicyclic) bond motifs is 1. The first-order valence-corrected chi connectivity index (χ1v) is 11.2. The molecule has 0 saturated carbocycles. The second-order valence-electron chi connectivity index (χ2n) is 8.34. The van der Waals surface area contributed by atoms with Crippen LogP contribution in [-0.2, 0) is 33.0 Å². The molecule has 0 radical (unpaired) electrons. The van der Waals surface area contributed by atoms with Gasteiger partial charge >= 0.3 is 5.97 Å². The maximum atomic E-state index is 13.0. The summed E-state index contributed by atoms with van der Waals surface area (Å²) in [4.78, 5) is 24.9. The fraction of sp³-hybridized carbons (Fsp3) is 0.462. The van der Waals surface area contributed by atoms with Crippen molar-refractivity contribution in [2.45, 2.75) is 59.8 Å². The number of hydrogen-bond acceptors (Lipinski definition) is 7. The molecule has 188 valence electrons. The standard InChI is InChI=1S/C21H24N2O5.C3H8.C2H6O/c1-12(15(10-24)14-6-4-5-7-18(14)22)9-23-13(2)8-17-16(19(23)25)11-28-20(26)21(17,3)27;2*1-3-2/h4-8,24,27H,9-11,22H2,1-3H3;3H2,1-2H3;1-2H3/b15-12+;;/t21-;;/m0../s1. The lowest BCUT2D eigenvalue weighted by atomic mass is 9.90. The highest BCUT2D eigenvalue weighted by atomic mass is 16.6. The van der Waals surface area contributed by atoms with E-state index in [2.05, 4.69) is 18.6 Å². The number of pyridine rings is 1. The number of ether oxygens (including phenoxy) is 2. The molecule has 2 heterocycles. The molecule has 1 aromatic heterocycles. The molecule has 4 N–H and O–H groups in total. The monoisotopic (exact) mass is 474 g/mol. The summed E-state index contributed by atoms with van der Waals surface area (Å²) in [5.74, 6) is -0.769. The average Bonchev–Trinajstić information content (AvgIpc) is 2.77. The topological polar surface area (TPSA) is 124 Å². The zero-order valence-electron chi connectivity index (χ0n) is 21.3. The van der Waals surface area contributed by atoms with E-state index in [1.807, 2.05) is 25.1 Å². The number of carbonyl (C=O) groups is 1. The summed E-state index contributed by atoms with van der Waals surface area (Å²) >= 11 is 0. The Morgan fingerprint density at radius 1 is 1.24 bits per heavy atom. The molecule has 0 saturated heterocycles. The van der Waals surface area contributed by atoms with E-state index in [-0.39, 0.29) is 36.4 Å². The maximum Gasteiger partial charge on any atom is 0.342 e. The fourth-order valence-electron chi connectivity index (χ4n) is 3.53. The quantitative estimate of drug-likeness (QED) is 0.459. The van der Waals surface area contributed by atoms with Crippen LogP contribution in [0, 0.1) is 6.92 Å². The van der Waals surface area contributed by atoms with Crippen molar-refractivity contribution < 1.29 is 24.5 Å². The number of esters is 1. The van der Waals surface area contributed by atoms with Crippen LogP contribution in [0.4, 0.5) is 5.69 Å². The van der Waals surface area contributed by atoms with E-state index >= 15 is 0 Å². The smallest absolute Gasteiger partial charge is 0.342 e. The van der Waals surface area contributed by atoms with E-state index in [9.17, 15) is 19.8 Å². The van der Waals surface area contributed by atoms with E-state index in [1.54, 1.807) is 33.3 Å². The van der Waals surface area contributed by atoms with Crippen molar-refractivity contribution >= 4 is 17.2 Å². The number of aliphatic hydroxyl groups is 2. The van der Waals surface area contributed by atoms with Gasteiger partial charge in [0, 0.05) is 43.3 Å². The van der Waals surface area contributed by atoms with Crippen molar-refractivity contribution in [2.24, 2.45) is 0 Å². The molecule has 3 rings (SSSR count). The Balaban J connectivity index is 0.000000872. The number of nitrogen functional groups attached to an aromatic ring is 1. The van der Waals surface area contributed by atoms with Gasteiger partial charge in [-0.25, -0.2) is 4.79 Å². The number of aromatic nitrogens is 1. The van der Waals surface area contributed by atoms with Crippen LogP contribution in [0.1, 0.15) is 56.5 Å². The van der Waals surface area contributed by atoms with Gasteiger partial charge in [-0.2, -0.15) is 0 Å². The summed E-state index contributed by atoms with van der Waals surface area (Å²) < 4.78 is 10.8. The number of allylic oxidation sites excluding steroid dienone is 1. The minimum atomic E-state index is -1.85. The Hall–Kier alpha value is -2.94. The number of rotatable bonds is 4. The number of para-hydroxylation sites is 1. The number of hydrogen-bond donors (Lipinski definition) is 3. The Morgan fingerprint density at radius 2 is 1.79 bits per heavy atom. The number of nitrogens with zero attached hydrogens (tertiary/aromatic N) is 1. The maximum absolute atomic E-state index is 13.0. The zero-order valence-corrected chi connectivity index (χ0v) is 21.3. The fourth-order valence-corrected chi connectivity index (χ4v) is 3.53. The highest BCUT2D eigenvalue weighted by Gasteiger charge is 2.41. The molecule has 0 unspecified atom stereocenters. The van der Waals surface area contributed by atoms with Crippen molar-refractivity contribution in [3.63, 3.8) is 0 Å². The number of anilines is 1. The summed E-state index contributed by atoms with van der Waals surface area (Å²) in [5.41, 5.74) is 7.68. The van der Waals surface area contributed by atoms with Crippen molar-refractivity contribution in [3.8, 4) is 0 Å². The molecular weight excluding hydrogens is 436 g/mol. The molecule has 0 aliphatic carbocycles. The Morgan fingerprint density at radius 3 is 2.32 bits per heavy atom. The minimum absolute atomic E-state index is 0.176. The largest absolute Gasteiger partial charge is 0.458 e. The predicted molar refractivity (Wildman–Crippen MR) is 134 cm³/mol. The van der Waals surface area contributed by atoms with Crippen LogP contribution in [0.25, 0.3) is 5.57 Å². The number of cyclic esters (lactones) is 1. The van der Waals surface area contributed by atoms with Crippen molar-refractivity contribution in [1.82, 2.24) is 4.57 Å². The van der Waals surface area contributed by atoms with Gasteiger partial charge in [-0.1, -0.05) is 38.5 Å². The van der Waals surface area contributed by atoms with Gasteiger partial charge < -0.3 is 30.0 Å². The lowest BCUT2D eigenvalue weighted by Crippen LogP contribution is -2.43. The van der Waals surface area contributed by atoms with Gasteiger partial charge in [0.1, 0.15) is 6.61 Å².